The van der Waals surface area contributed by atoms with Crippen LogP contribution in [0.1, 0.15) is 5.56 Å². The molecule has 0 atom stereocenters. The summed E-state index contributed by atoms with van der Waals surface area (Å²) in [7, 11) is 0. The predicted octanol–water partition coefficient (Wildman–Crippen LogP) is 3.89. The van der Waals surface area contributed by atoms with E-state index >= 15 is 0 Å². The van der Waals surface area contributed by atoms with E-state index in [1.54, 1.807) is 12.4 Å². The number of benzene rings is 2. The first-order chi connectivity index (χ1) is 9.24. The summed E-state index contributed by atoms with van der Waals surface area (Å²) >= 11 is 0. The van der Waals surface area contributed by atoms with E-state index < -0.39 is 0 Å². The highest BCUT2D eigenvalue weighted by Gasteiger charge is 2.10. The maximum absolute atomic E-state index is 9.56. The molecule has 2 aromatic carbocycles. The van der Waals surface area contributed by atoms with Gasteiger partial charge in [-0.05, 0) is 36.1 Å². The molecule has 0 amide bonds. The van der Waals surface area contributed by atoms with Crippen molar-refractivity contribution in [2.24, 2.45) is 0 Å². The van der Waals surface area contributed by atoms with Crippen LogP contribution in [-0.4, -0.2) is 14.9 Å². The van der Waals surface area contributed by atoms with Crippen molar-refractivity contribution < 1.29 is 5.21 Å². The highest BCUT2D eigenvalue weighted by Crippen LogP contribution is 2.32. The number of pyridine rings is 1. The molecule has 1 N–H and O–H groups in total. The minimum absolute atomic E-state index is 1.02. The Morgan fingerprint density at radius 3 is 2.79 bits per heavy atom. The fourth-order valence-corrected chi connectivity index (χ4v) is 2.78. The molecule has 0 spiro atoms. The monoisotopic (exact) mass is 248 g/mol. The molecule has 0 fully saturated rings. The van der Waals surface area contributed by atoms with Crippen LogP contribution in [-0.2, 0) is 0 Å². The lowest BCUT2D eigenvalue weighted by atomic mass is 10.0. The molecular weight excluding hydrogens is 236 g/mol. The van der Waals surface area contributed by atoms with E-state index in [1.807, 2.05) is 24.3 Å². The zero-order chi connectivity index (χ0) is 13.0. The highest BCUT2D eigenvalue weighted by molar-refractivity contribution is 6.13. The molecule has 0 aliphatic rings. The number of rotatable bonds is 0. The summed E-state index contributed by atoms with van der Waals surface area (Å²) in [6.45, 7) is 2.08. The van der Waals surface area contributed by atoms with E-state index in [1.165, 1.54) is 0 Å². The third kappa shape index (κ3) is 1.35. The van der Waals surface area contributed by atoms with Gasteiger partial charge in [-0.2, -0.15) is 0 Å². The maximum atomic E-state index is 9.56. The first-order valence-corrected chi connectivity index (χ1v) is 6.23. The SMILES string of the molecule is Cc1c2ccn(O)cc2cc2c1nc1ccccc12. The molecule has 19 heavy (non-hydrogen) atoms. The molecule has 3 nitrogen and oxygen atoms in total. The molecule has 3 heteroatoms. The summed E-state index contributed by atoms with van der Waals surface area (Å²) < 4.78 is 1.09. The second-order valence-corrected chi connectivity index (χ2v) is 4.85. The number of nitrogens with zero attached hydrogens (tertiary/aromatic N) is 2. The molecular formula is C16H12N2O. The zero-order valence-electron chi connectivity index (χ0n) is 10.5. The molecule has 0 unspecified atom stereocenters. The van der Waals surface area contributed by atoms with Gasteiger partial charge in [0, 0.05) is 22.4 Å². The summed E-state index contributed by atoms with van der Waals surface area (Å²) in [6.07, 6.45) is 3.37. The van der Waals surface area contributed by atoms with Gasteiger partial charge in [0.2, 0.25) is 0 Å². The fourth-order valence-electron chi connectivity index (χ4n) is 2.78. The van der Waals surface area contributed by atoms with Gasteiger partial charge in [0.25, 0.3) is 0 Å². The van der Waals surface area contributed by atoms with Crippen molar-refractivity contribution >= 4 is 32.6 Å². The lowest BCUT2D eigenvalue weighted by Gasteiger charge is -2.05. The lowest BCUT2D eigenvalue weighted by molar-refractivity contribution is 0.186. The van der Waals surface area contributed by atoms with Crippen LogP contribution in [0.25, 0.3) is 32.6 Å². The Morgan fingerprint density at radius 2 is 1.89 bits per heavy atom. The van der Waals surface area contributed by atoms with E-state index in [0.29, 0.717) is 0 Å². The van der Waals surface area contributed by atoms with Gasteiger partial charge in [0.05, 0.1) is 17.2 Å². The van der Waals surface area contributed by atoms with Crippen LogP contribution in [0.5, 0.6) is 0 Å². The smallest absolute Gasteiger partial charge is 0.0751 e. The molecule has 4 rings (SSSR count). The molecule has 0 aliphatic carbocycles. The lowest BCUT2D eigenvalue weighted by Crippen LogP contribution is -1.91. The second-order valence-electron chi connectivity index (χ2n) is 4.85. The summed E-state index contributed by atoms with van der Waals surface area (Å²) in [4.78, 5) is 4.72. The van der Waals surface area contributed by atoms with Gasteiger partial charge in [-0.25, -0.2) is 9.71 Å². The Morgan fingerprint density at radius 1 is 1.05 bits per heavy atom. The quantitative estimate of drug-likeness (QED) is 0.479. The first-order valence-electron chi connectivity index (χ1n) is 6.23. The number of para-hydroxylation sites is 1. The van der Waals surface area contributed by atoms with Crippen molar-refractivity contribution in [3.63, 3.8) is 0 Å². The normalized spacial score (nSPS) is 11.6. The van der Waals surface area contributed by atoms with Crippen LogP contribution in [0.15, 0.2) is 48.8 Å². The van der Waals surface area contributed by atoms with Crippen molar-refractivity contribution in [1.82, 2.24) is 9.71 Å². The Hall–Kier alpha value is -2.55. The largest absolute Gasteiger partial charge is 0.429 e. The topological polar surface area (TPSA) is 38.0 Å². The molecule has 0 saturated heterocycles. The third-order valence-electron chi connectivity index (χ3n) is 3.72. The summed E-state index contributed by atoms with van der Waals surface area (Å²) in [5, 5.41) is 14.0. The van der Waals surface area contributed by atoms with Gasteiger partial charge in [-0.1, -0.05) is 18.2 Å². The van der Waals surface area contributed by atoms with E-state index in [-0.39, 0.29) is 0 Å². The Balaban J connectivity index is 2.30. The van der Waals surface area contributed by atoms with Crippen molar-refractivity contribution in [2.45, 2.75) is 6.92 Å². The van der Waals surface area contributed by atoms with Crippen molar-refractivity contribution in [3.8, 4) is 0 Å². The van der Waals surface area contributed by atoms with Gasteiger partial charge in [0.1, 0.15) is 0 Å². The zero-order valence-corrected chi connectivity index (χ0v) is 10.5. The second kappa shape index (κ2) is 3.48. The van der Waals surface area contributed by atoms with Crippen LogP contribution < -0.4 is 0 Å². The van der Waals surface area contributed by atoms with Gasteiger partial charge in [-0.3, -0.25) is 0 Å². The molecule has 2 aromatic heterocycles. The van der Waals surface area contributed by atoms with Crippen LogP contribution in [0.2, 0.25) is 0 Å². The minimum Gasteiger partial charge on any atom is -0.429 e. The van der Waals surface area contributed by atoms with E-state index in [0.717, 1.165) is 42.9 Å². The van der Waals surface area contributed by atoms with Crippen LogP contribution in [0.4, 0.5) is 0 Å². The minimum atomic E-state index is 1.02. The molecule has 4 aromatic rings. The van der Waals surface area contributed by atoms with E-state index in [9.17, 15) is 5.21 Å². The highest BCUT2D eigenvalue weighted by atomic mass is 16.5. The van der Waals surface area contributed by atoms with Crippen molar-refractivity contribution in [3.05, 3.63) is 54.4 Å². The number of hydrogen-bond acceptors (Lipinski definition) is 2. The third-order valence-corrected chi connectivity index (χ3v) is 3.72. The predicted molar refractivity (Wildman–Crippen MR) is 76.7 cm³/mol. The number of aryl methyl sites for hydroxylation is 1. The summed E-state index contributed by atoms with van der Waals surface area (Å²) in [6, 6.07) is 12.2. The number of aromatic nitrogens is 2. The standard InChI is InChI=1S/C16H12N2O/c1-10-12-6-7-18(19)9-11(12)8-14-13-4-2-3-5-15(13)17-16(10)14/h2-9,19H,1H3. The Kier molecular flexibility index (Phi) is 1.90. The van der Waals surface area contributed by atoms with Gasteiger partial charge < -0.3 is 5.21 Å². The number of fused-ring (bicyclic) bond motifs is 4. The van der Waals surface area contributed by atoms with Gasteiger partial charge in [-0.15, -0.1) is 0 Å². The average Bonchev–Trinajstić information content (AvgIpc) is 2.78. The fraction of sp³-hybridized carbons (Fsp3) is 0.0625. The molecule has 0 saturated carbocycles. The molecule has 0 radical (unpaired) electrons. The van der Waals surface area contributed by atoms with Crippen molar-refractivity contribution in [1.29, 1.82) is 0 Å². The average molecular weight is 248 g/mol. The van der Waals surface area contributed by atoms with Gasteiger partial charge >= 0.3 is 0 Å². The van der Waals surface area contributed by atoms with Crippen LogP contribution >= 0.6 is 0 Å². The molecule has 92 valence electrons. The number of hydrogen-bond donors (Lipinski definition) is 1. The first kappa shape index (κ1) is 10.4. The Labute approximate surface area is 109 Å². The van der Waals surface area contributed by atoms with Crippen molar-refractivity contribution in [2.75, 3.05) is 0 Å². The van der Waals surface area contributed by atoms with E-state index in [4.69, 9.17) is 4.98 Å². The Bertz CT molecular complexity index is 938. The summed E-state index contributed by atoms with van der Waals surface area (Å²) in [5.74, 6) is 0. The molecule has 0 aliphatic heterocycles. The van der Waals surface area contributed by atoms with Crippen LogP contribution in [0, 0.1) is 6.92 Å². The van der Waals surface area contributed by atoms with Gasteiger partial charge in [0.15, 0.2) is 0 Å². The van der Waals surface area contributed by atoms with E-state index in [2.05, 4.69) is 19.1 Å². The molecule has 2 heterocycles. The molecule has 0 bridgehead atoms. The van der Waals surface area contributed by atoms with Crippen LogP contribution in [0.3, 0.4) is 0 Å². The summed E-state index contributed by atoms with van der Waals surface area (Å²) in [5.41, 5.74) is 3.22. The maximum Gasteiger partial charge on any atom is 0.0751 e.